The molecule has 90 valence electrons. The topological polar surface area (TPSA) is 42.4 Å². The van der Waals surface area contributed by atoms with Crippen LogP contribution in [0.5, 0.6) is 0 Å². The maximum absolute atomic E-state index is 9.92. The Kier molecular flexibility index (Phi) is 4.07. The summed E-state index contributed by atoms with van der Waals surface area (Å²) in [5.41, 5.74) is 1.57. The summed E-state index contributed by atoms with van der Waals surface area (Å²) >= 11 is 0. The van der Waals surface area contributed by atoms with Crippen LogP contribution in [0.3, 0.4) is 0 Å². The Labute approximate surface area is 101 Å². The van der Waals surface area contributed by atoms with E-state index >= 15 is 0 Å². The molecule has 0 saturated carbocycles. The standard InChI is InChI=1S/C14H17NO2/c1-2-9-17-10-14(16)13-8-7-11-5-3-4-6-12(11)15-13/h3-8,14,16H,2,9-10H2,1H3. The van der Waals surface area contributed by atoms with Gasteiger partial charge in [-0.2, -0.15) is 0 Å². The van der Waals surface area contributed by atoms with Crippen LogP contribution in [0.15, 0.2) is 36.4 Å². The third-order valence-corrected chi connectivity index (χ3v) is 2.59. The number of rotatable bonds is 5. The highest BCUT2D eigenvalue weighted by Crippen LogP contribution is 2.16. The molecule has 1 unspecified atom stereocenters. The number of aliphatic hydroxyl groups is 1. The first-order valence-corrected chi connectivity index (χ1v) is 5.92. The van der Waals surface area contributed by atoms with Crippen molar-refractivity contribution in [3.8, 4) is 0 Å². The van der Waals surface area contributed by atoms with E-state index in [4.69, 9.17) is 4.74 Å². The van der Waals surface area contributed by atoms with Gasteiger partial charge in [0.2, 0.25) is 0 Å². The van der Waals surface area contributed by atoms with Crippen LogP contribution < -0.4 is 0 Å². The lowest BCUT2D eigenvalue weighted by Crippen LogP contribution is -2.09. The fraction of sp³-hybridized carbons (Fsp3) is 0.357. The lowest BCUT2D eigenvalue weighted by molar-refractivity contribution is 0.0344. The summed E-state index contributed by atoms with van der Waals surface area (Å²) in [6.45, 7) is 3.02. The van der Waals surface area contributed by atoms with Crippen molar-refractivity contribution in [1.82, 2.24) is 4.98 Å². The van der Waals surface area contributed by atoms with Gasteiger partial charge >= 0.3 is 0 Å². The van der Waals surface area contributed by atoms with Crippen molar-refractivity contribution in [2.45, 2.75) is 19.4 Å². The van der Waals surface area contributed by atoms with Crippen LogP contribution >= 0.6 is 0 Å². The van der Waals surface area contributed by atoms with E-state index < -0.39 is 6.10 Å². The van der Waals surface area contributed by atoms with Crippen LogP contribution in [0.2, 0.25) is 0 Å². The summed E-state index contributed by atoms with van der Waals surface area (Å²) in [4.78, 5) is 4.42. The molecular weight excluding hydrogens is 214 g/mol. The van der Waals surface area contributed by atoms with E-state index in [0.717, 1.165) is 17.3 Å². The molecule has 1 aromatic carbocycles. The van der Waals surface area contributed by atoms with E-state index in [-0.39, 0.29) is 0 Å². The minimum Gasteiger partial charge on any atom is -0.384 e. The highest BCUT2D eigenvalue weighted by molar-refractivity contribution is 5.78. The number of fused-ring (bicyclic) bond motifs is 1. The summed E-state index contributed by atoms with van der Waals surface area (Å²) in [5, 5.41) is 11.0. The van der Waals surface area contributed by atoms with E-state index in [1.165, 1.54) is 0 Å². The van der Waals surface area contributed by atoms with Crippen LogP contribution in [0, 0.1) is 0 Å². The van der Waals surface area contributed by atoms with Crippen molar-refractivity contribution >= 4 is 10.9 Å². The van der Waals surface area contributed by atoms with Gasteiger partial charge in [-0.05, 0) is 18.6 Å². The summed E-state index contributed by atoms with van der Waals surface area (Å²) in [6.07, 6.45) is 0.309. The van der Waals surface area contributed by atoms with Crippen molar-refractivity contribution in [2.75, 3.05) is 13.2 Å². The Bertz CT molecular complexity index is 484. The molecule has 1 N–H and O–H groups in total. The molecule has 0 aliphatic carbocycles. The normalized spacial score (nSPS) is 12.8. The Morgan fingerprint density at radius 3 is 2.88 bits per heavy atom. The maximum Gasteiger partial charge on any atom is 0.119 e. The molecule has 0 fully saturated rings. The van der Waals surface area contributed by atoms with Crippen LogP contribution in [-0.4, -0.2) is 23.3 Å². The first-order valence-electron chi connectivity index (χ1n) is 5.92. The summed E-state index contributed by atoms with van der Waals surface area (Å²) in [6, 6.07) is 11.7. The van der Waals surface area contributed by atoms with Crippen molar-refractivity contribution < 1.29 is 9.84 Å². The summed E-state index contributed by atoms with van der Waals surface area (Å²) < 4.78 is 5.32. The zero-order valence-corrected chi connectivity index (χ0v) is 9.97. The molecule has 17 heavy (non-hydrogen) atoms. The van der Waals surface area contributed by atoms with Crippen molar-refractivity contribution in [1.29, 1.82) is 0 Å². The number of benzene rings is 1. The van der Waals surface area contributed by atoms with Gasteiger partial charge in [0.1, 0.15) is 6.10 Å². The molecule has 0 radical (unpaired) electrons. The lowest BCUT2D eigenvalue weighted by atomic mass is 10.1. The molecule has 0 bridgehead atoms. The smallest absolute Gasteiger partial charge is 0.119 e. The largest absolute Gasteiger partial charge is 0.384 e. The van der Waals surface area contributed by atoms with Crippen LogP contribution in [0.1, 0.15) is 25.1 Å². The predicted molar refractivity (Wildman–Crippen MR) is 67.8 cm³/mol. The average Bonchev–Trinajstić information content (AvgIpc) is 2.38. The minimum atomic E-state index is -0.647. The zero-order valence-electron chi connectivity index (χ0n) is 9.97. The number of aromatic nitrogens is 1. The molecule has 0 aliphatic heterocycles. The monoisotopic (exact) mass is 231 g/mol. The third-order valence-electron chi connectivity index (χ3n) is 2.59. The fourth-order valence-electron chi connectivity index (χ4n) is 1.69. The molecule has 3 nitrogen and oxygen atoms in total. The number of hydrogen-bond acceptors (Lipinski definition) is 3. The van der Waals surface area contributed by atoms with Gasteiger partial charge in [-0.25, -0.2) is 4.98 Å². The van der Waals surface area contributed by atoms with E-state index in [1.807, 2.05) is 43.3 Å². The molecule has 1 aromatic heterocycles. The Hall–Kier alpha value is -1.45. The maximum atomic E-state index is 9.92. The van der Waals surface area contributed by atoms with Gasteiger partial charge in [0, 0.05) is 12.0 Å². The van der Waals surface area contributed by atoms with Crippen molar-refractivity contribution in [2.24, 2.45) is 0 Å². The Balaban J connectivity index is 2.12. The van der Waals surface area contributed by atoms with Gasteiger partial charge in [-0.1, -0.05) is 31.2 Å². The third kappa shape index (κ3) is 3.02. The Morgan fingerprint density at radius 1 is 1.24 bits per heavy atom. The highest BCUT2D eigenvalue weighted by atomic mass is 16.5. The first-order chi connectivity index (χ1) is 8.31. The second kappa shape index (κ2) is 5.75. The van der Waals surface area contributed by atoms with Gasteiger partial charge < -0.3 is 9.84 Å². The molecular formula is C14H17NO2. The SMILES string of the molecule is CCCOCC(O)c1ccc2ccccc2n1. The van der Waals surface area contributed by atoms with E-state index in [0.29, 0.717) is 18.9 Å². The van der Waals surface area contributed by atoms with E-state index in [1.54, 1.807) is 0 Å². The van der Waals surface area contributed by atoms with Gasteiger partial charge in [0.15, 0.2) is 0 Å². The summed E-state index contributed by atoms with van der Waals surface area (Å²) in [5.74, 6) is 0. The van der Waals surface area contributed by atoms with Gasteiger partial charge in [-0.3, -0.25) is 0 Å². The second-order valence-corrected chi connectivity index (χ2v) is 4.02. The van der Waals surface area contributed by atoms with Crippen LogP contribution in [0.25, 0.3) is 10.9 Å². The average molecular weight is 231 g/mol. The molecule has 0 amide bonds. The van der Waals surface area contributed by atoms with Gasteiger partial charge in [-0.15, -0.1) is 0 Å². The minimum absolute atomic E-state index is 0.305. The number of hydrogen-bond donors (Lipinski definition) is 1. The van der Waals surface area contributed by atoms with E-state index in [2.05, 4.69) is 4.98 Å². The van der Waals surface area contributed by atoms with Crippen LogP contribution in [-0.2, 0) is 4.74 Å². The number of para-hydroxylation sites is 1. The molecule has 0 spiro atoms. The quantitative estimate of drug-likeness (QED) is 0.804. The highest BCUT2D eigenvalue weighted by Gasteiger charge is 2.09. The Morgan fingerprint density at radius 2 is 2.06 bits per heavy atom. The fourth-order valence-corrected chi connectivity index (χ4v) is 1.69. The lowest BCUT2D eigenvalue weighted by Gasteiger charge is -2.11. The summed E-state index contributed by atoms with van der Waals surface area (Å²) in [7, 11) is 0. The second-order valence-electron chi connectivity index (χ2n) is 4.02. The van der Waals surface area contributed by atoms with Gasteiger partial charge in [0.25, 0.3) is 0 Å². The molecule has 1 atom stereocenters. The van der Waals surface area contributed by atoms with E-state index in [9.17, 15) is 5.11 Å². The molecule has 0 aliphatic rings. The van der Waals surface area contributed by atoms with Crippen molar-refractivity contribution in [3.05, 3.63) is 42.1 Å². The molecule has 1 heterocycles. The molecule has 2 rings (SSSR count). The number of ether oxygens (including phenoxy) is 1. The van der Waals surface area contributed by atoms with Crippen molar-refractivity contribution in [3.63, 3.8) is 0 Å². The molecule has 2 aromatic rings. The first kappa shape index (κ1) is 12.0. The van der Waals surface area contributed by atoms with Gasteiger partial charge in [0.05, 0.1) is 17.8 Å². The number of aliphatic hydroxyl groups excluding tert-OH is 1. The predicted octanol–water partition coefficient (Wildman–Crippen LogP) is 2.69. The molecule has 3 heteroatoms. The number of pyridine rings is 1. The molecule has 0 saturated heterocycles. The zero-order chi connectivity index (χ0) is 12.1. The van der Waals surface area contributed by atoms with Crippen LogP contribution in [0.4, 0.5) is 0 Å². The number of nitrogens with zero attached hydrogens (tertiary/aromatic N) is 1.